The third-order valence-corrected chi connectivity index (χ3v) is 2.82. The number of hydrogen-bond donors (Lipinski definition) is 2. The highest BCUT2D eigenvalue weighted by Gasteiger charge is 2.38. The second kappa shape index (κ2) is 4.34. The van der Waals surface area contributed by atoms with E-state index in [0.29, 0.717) is 13.0 Å². The van der Waals surface area contributed by atoms with Gasteiger partial charge in [-0.2, -0.15) is 5.10 Å². The number of aromatic nitrogens is 3. The minimum Gasteiger partial charge on any atom is -0.379 e. The Bertz CT molecular complexity index is 442. The molecule has 1 aromatic rings. The van der Waals surface area contributed by atoms with Gasteiger partial charge < -0.3 is 10.5 Å². The molecule has 1 aliphatic heterocycles. The third kappa shape index (κ3) is 2.40. The largest absolute Gasteiger partial charge is 0.379 e. The standard InChI is InChI=1S/C10H15N5O2/c1-6-7(2)14-15-9(12-6)13-8(16)10(11)3-4-17-5-10/h3-5,11H2,1-2H3,(H,12,13,15,16). The number of carbonyl (C=O) groups is 1. The molecule has 0 aliphatic carbocycles. The van der Waals surface area contributed by atoms with Gasteiger partial charge in [0.15, 0.2) is 0 Å². The van der Waals surface area contributed by atoms with E-state index in [4.69, 9.17) is 10.5 Å². The Labute approximate surface area is 98.8 Å². The fraction of sp³-hybridized carbons (Fsp3) is 0.600. The minimum absolute atomic E-state index is 0.176. The number of nitrogens with one attached hydrogen (secondary N) is 1. The van der Waals surface area contributed by atoms with Crippen molar-refractivity contribution in [3.63, 3.8) is 0 Å². The van der Waals surface area contributed by atoms with E-state index in [1.165, 1.54) is 0 Å². The summed E-state index contributed by atoms with van der Waals surface area (Å²) in [6, 6.07) is 0. The van der Waals surface area contributed by atoms with Crippen molar-refractivity contribution in [2.75, 3.05) is 18.5 Å². The van der Waals surface area contributed by atoms with Crippen LogP contribution in [0.25, 0.3) is 0 Å². The summed E-state index contributed by atoms with van der Waals surface area (Å²) in [5.74, 6) is -0.158. The van der Waals surface area contributed by atoms with E-state index >= 15 is 0 Å². The van der Waals surface area contributed by atoms with Gasteiger partial charge >= 0.3 is 0 Å². The van der Waals surface area contributed by atoms with Crippen molar-refractivity contribution in [2.24, 2.45) is 5.73 Å². The van der Waals surface area contributed by atoms with Crippen LogP contribution in [0.2, 0.25) is 0 Å². The van der Waals surface area contributed by atoms with Gasteiger partial charge in [-0.15, -0.1) is 5.10 Å². The van der Waals surface area contributed by atoms with Crippen LogP contribution < -0.4 is 11.1 Å². The monoisotopic (exact) mass is 237 g/mol. The van der Waals surface area contributed by atoms with Crippen molar-refractivity contribution >= 4 is 11.9 Å². The van der Waals surface area contributed by atoms with Crippen LogP contribution in [0.15, 0.2) is 0 Å². The first-order valence-corrected chi connectivity index (χ1v) is 5.37. The first-order chi connectivity index (χ1) is 8.01. The molecule has 0 bridgehead atoms. The molecular weight excluding hydrogens is 222 g/mol. The molecular formula is C10H15N5O2. The minimum atomic E-state index is -0.984. The van der Waals surface area contributed by atoms with E-state index in [1.54, 1.807) is 13.8 Å². The van der Waals surface area contributed by atoms with Gasteiger partial charge in [-0.05, 0) is 20.3 Å². The van der Waals surface area contributed by atoms with E-state index in [0.717, 1.165) is 11.4 Å². The highest BCUT2D eigenvalue weighted by Crippen LogP contribution is 2.17. The molecule has 0 aromatic carbocycles. The van der Waals surface area contributed by atoms with Crippen LogP contribution in [-0.2, 0) is 9.53 Å². The molecule has 17 heavy (non-hydrogen) atoms. The lowest BCUT2D eigenvalue weighted by Gasteiger charge is -2.19. The molecule has 2 rings (SSSR count). The van der Waals surface area contributed by atoms with Gasteiger partial charge in [0.1, 0.15) is 5.54 Å². The van der Waals surface area contributed by atoms with Gasteiger partial charge in [0.05, 0.1) is 18.0 Å². The Balaban J connectivity index is 2.10. The number of amides is 1. The quantitative estimate of drug-likeness (QED) is 0.721. The Hall–Kier alpha value is -1.60. The smallest absolute Gasteiger partial charge is 0.249 e. The Kier molecular flexibility index (Phi) is 3.03. The molecule has 0 saturated carbocycles. The maximum absolute atomic E-state index is 11.9. The van der Waals surface area contributed by atoms with Gasteiger partial charge in [-0.3, -0.25) is 10.1 Å². The lowest BCUT2D eigenvalue weighted by atomic mass is 9.99. The molecule has 7 heteroatoms. The van der Waals surface area contributed by atoms with E-state index in [2.05, 4.69) is 20.5 Å². The Morgan fingerprint density at radius 3 is 2.76 bits per heavy atom. The highest BCUT2D eigenvalue weighted by atomic mass is 16.5. The van der Waals surface area contributed by atoms with Gasteiger partial charge in [-0.1, -0.05) is 0 Å². The predicted molar refractivity (Wildman–Crippen MR) is 60.3 cm³/mol. The number of nitrogens with two attached hydrogens (primary N) is 1. The van der Waals surface area contributed by atoms with Crippen LogP contribution >= 0.6 is 0 Å². The van der Waals surface area contributed by atoms with Crippen molar-refractivity contribution in [2.45, 2.75) is 25.8 Å². The van der Waals surface area contributed by atoms with Crippen molar-refractivity contribution in [3.8, 4) is 0 Å². The fourth-order valence-corrected chi connectivity index (χ4v) is 1.50. The van der Waals surface area contributed by atoms with E-state index in [-0.39, 0.29) is 18.5 Å². The second-order valence-electron chi connectivity index (χ2n) is 4.22. The molecule has 1 fully saturated rings. The maximum atomic E-state index is 11.9. The first-order valence-electron chi connectivity index (χ1n) is 5.37. The number of ether oxygens (including phenoxy) is 1. The van der Waals surface area contributed by atoms with Crippen LogP contribution in [0.5, 0.6) is 0 Å². The van der Waals surface area contributed by atoms with Crippen LogP contribution in [-0.4, -0.2) is 39.8 Å². The molecule has 0 spiro atoms. The first kappa shape index (κ1) is 11.9. The number of nitrogens with zero attached hydrogens (tertiary/aromatic N) is 3. The number of carbonyl (C=O) groups excluding carboxylic acids is 1. The zero-order valence-corrected chi connectivity index (χ0v) is 9.86. The SMILES string of the molecule is Cc1nnc(NC(=O)C2(N)CCOC2)nc1C. The van der Waals surface area contributed by atoms with E-state index in [1.807, 2.05) is 0 Å². The van der Waals surface area contributed by atoms with E-state index in [9.17, 15) is 4.79 Å². The molecule has 0 radical (unpaired) electrons. The summed E-state index contributed by atoms with van der Waals surface area (Å²) in [5, 5.41) is 10.2. The van der Waals surface area contributed by atoms with Gasteiger partial charge in [0, 0.05) is 6.61 Å². The summed E-state index contributed by atoms with van der Waals surface area (Å²) in [6.45, 7) is 4.32. The molecule has 1 aromatic heterocycles. The lowest BCUT2D eigenvalue weighted by molar-refractivity contribution is -0.121. The summed E-state index contributed by atoms with van der Waals surface area (Å²) in [5.41, 5.74) is 6.38. The van der Waals surface area contributed by atoms with Crippen LogP contribution in [0, 0.1) is 13.8 Å². The summed E-state index contributed by atoms with van der Waals surface area (Å²) in [7, 11) is 0. The molecule has 3 N–H and O–H groups in total. The highest BCUT2D eigenvalue weighted by molar-refractivity contribution is 5.97. The number of anilines is 1. The second-order valence-corrected chi connectivity index (χ2v) is 4.22. The van der Waals surface area contributed by atoms with Gasteiger partial charge in [0.2, 0.25) is 11.9 Å². The molecule has 92 valence electrons. The summed E-state index contributed by atoms with van der Waals surface area (Å²) in [4.78, 5) is 16.0. The zero-order chi connectivity index (χ0) is 12.5. The molecule has 1 atom stereocenters. The normalized spacial score (nSPS) is 23.7. The van der Waals surface area contributed by atoms with Crippen LogP contribution in [0.3, 0.4) is 0 Å². The van der Waals surface area contributed by atoms with Crippen LogP contribution in [0.4, 0.5) is 5.95 Å². The topological polar surface area (TPSA) is 103 Å². The molecule has 1 saturated heterocycles. The van der Waals surface area contributed by atoms with Crippen molar-refractivity contribution < 1.29 is 9.53 Å². The summed E-state index contributed by atoms with van der Waals surface area (Å²) >= 11 is 0. The molecule has 1 amide bonds. The molecule has 1 aliphatic rings. The third-order valence-electron chi connectivity index (χ3n) is 2.82. The van der Waals surface area contributed by atoms with Gasteiger partial charge in [0.25, 0.3) is 0 Å². The predicted octanol–water partition coefficient (Wildman–Crippen LogP) is -0.455. The molecule has 7 nitrogen and oxygen atoms in total. The zero-order valence-electron chi connectivity index (χ0n) is 9.86. The van der Waals surface area contributed by atoms with Crippen molar-refractivity contribution in [3.05, 3.63) is 11.4 Å². The average molecular weight is 237 g/mol. The van der Waals surface area contributed by atoms with Crippen molar-refractivity contribution in [1.29, 1.82) is 0 Å². The number of hydrogen-bond acceptors (Lipinski definition) is 6. The summed E-state index contributed by atoms with van der Waals surface area (Å²) < 4.78 is 5.12. The fourth-order valence-electron chi connectivity index (χ4n) is 1.50. The van der Waals surface area contributed by atoms with Crippen molar-refractivity contribution in [1.82, 2.24) is 15.2 Å². The lowest BCUT2D eigenvalue weighted by Crippen LogP contribution is -2.51. The Morgan fingerprint density at radius 2 is 2.18 bits per heavy atom. The van der Waals surface area contributed by atoms with E-state index < -0.39 is 5.54 Å². The molecule has 2 heterocycles. The Morgan fingerprint density at radius 1 is 1.41 bits per heavy atom. The van der Waals surface area contributed by atoms with Crippen LogP contribution in [0.1, 0.15) is 17.8 Å². The van der Waals surface area contributed by atoms with Gasteiger partial charge in [-0.25, -0.2) is 4.98 Å². The number of aryl methyl sites for hydroxylation is 2. The number of rotatable bonds is 2. The average Bonchev–Trinajstić information content (AvgIpc) is 2.72. The maximum Gasteiger partial charge on any atom is 0.249 e. The summed E-state index contributed by atoms with van der Waals surface area (Å²) in [6.07, 6.45) is 0.497. The molecule has 1 unspecified atom stereocenters.